The summed E-state index contributed by atoms with van der Waals surface area (Å²) in [5.74, 6) is -0.724. The summed E-state index contributed by atoms with van der Waals surface area (Å²) < 4.78 is 18.6. The van der Waals surface area contributed by atoms with Gasteiger partial charge in [0.15, 0.2) is 5.11 Å². The monoisotopic (exact) mass is 472 g/mol. The highest BCUT2D eigenvalue weighted by molar-refractivity contribution is 7.80. The zero-order valence-corrected chi connectivity index (χ0v) is 19.2. The van der Waals surface area contributed by atoms with Gasteiger partial charge in [0.25, 0.3) is 5.91 Å². The van der Waals surface area contributed by atoms with Crippen LogP contribution in [0.25, 0.3) is 0 Å². The molecule has 10 heteroatoms. The molecule has 33 heavy (non-hydrogen) atoms. The zero-order chi connectivity index (χ0) is 24.0. The van der Waals surface area contributed by atoms with Crippen molar-refractivity contribution in [1.82, 2.24) is 10.2 Å². The Balaban J connectivity index is 1.79. The average molecular weight is 473 g/mol. The first kappa shape index (κ1) is 24.1. The number of carbonyl (C=O) groups excluding carboxylic acids is 3. The molecule has 1 aliphatic heterocycles. The van der Waals surface area contributed by atoms with Crippen LogP contribution in [0.15, 0.2) is 48.5 Å². The molecule has 3 amide bonds. The van der Waals surface area contributed by atoms with Crippen molar-refractivity contribution in [3.63, 3.8) is 0 Å². The maximum absolute atomic E-state index is 13.3. The van der Waals surface area contributed by atoms with Gasteiger partial charge in [-0.2, -0.15) is 0 Å². The SMILES string of the molecule is CCOc1ccc(N2C(=O)[C@H](CC(=O)Nc3ccc(F)cc3)N(CCNC(C)=O)C2=S)cc1. The van der Waals surface area contributed by atoms with Crippen molar-refractivity contribution in [2.75, 3.05) is 29.9 Å². The molecule has 2 N–H and O–H groups in total. The van der Waals surface area contributed by atoms with E-state index in [0.717, 1.165) is 0 Å². The second kappa shape index (κ2) is 10.9. The number of hydrogen-bond acceptors (Lipinski definition) is 5. The van der Waals surface area contributed by atoms with E-state index >= 15 is 0 Å². The molecule has 0 aliphatic carbocycles. The van der Waals surface area contributed by atoms with E-state index in [1.54, 1.807) is 29.2 Å². The molecule has 2 aromatic carbocycles. The molecule has 1 saturated heterocycles. The third-order valence-electron chi connectivity index (χ3n) is 4.96. The van der Waals surface area contributed by atoms with Crippen LogP contribution >= 0.6 is 12.2 Å². The van der Waals surface area contributed by atoms with E-state index in [9.17, 15) is 18.8 Å². The summed E-state index contributed by atoms with van der Waals surface area (Å²) >= 11 is 5.57. The smallest absolute Gasteiger partial charge is 0.256 e. The molecule has 1 aliphatic rings. The first-order valence-corrected chi connectivity index (χ1v) is 10.9. The normalized spacial score (nSPS) is 15.5. The van der Waals surface area contributed by atoms with Gasteiger partial charge in [0.05, 0.1) is 18.7 Å². The quantitative estimate of drug-likeness (QED) is 0.546. The van der Waals surface area contributed by atoms with Crippen LogP contribution in [-0.4, -0.2) is 53.5 Å². The first-order valence-electron chi connectivity index (χ1n) is 10.5. The highest BCUT2D eigenvalue weighted by Gasteiger charge is 2.43. The zero-order valence-electron chi connectivity index (χ0n) is 18.3. The molecule has 2 aromatic rings. The molecule has 8 nitrogen and oxygen atoms in total. The van der Waals surface area contributed by atoms with Gasteiger partial charge in [-0.05, 0) is 67.7 Å². The number of rotatable bonds is 9. The lowest BCUT2D eigenvalue weighted by atomic mass is 10.1. The predicted octanol–water partition coefficient (Wildman–Crippen LogP) is 2.69. The lowest BCUT2D eigenvalue weighted by molar-refractivity contribution is -0.124. The van der Waals surface area contributed by atoms with Gasteiger partial charge < -0.3 is 20.3 Å². The van der Waals surface area contributed by atoms with Gasteiger partial charge in [-0.15, -0.1) is 0 Å². The molecule has 0 bridgehead atoms. The van der Waals surface area contributed by atoms with Gasteiger partial charge in [0.2, 0.25) is 11.8 Å². The number of halogens is 1. The lowest BCUT2D eigenvalue weighted by Crippen LogP contribution is -2.42. The molecule has 0 spiro atoms. The van der Waals surface area contributed by atoms with Gasteiger partial charge in [-0.25, -0.2) is 4.39 Å². The Kier molecular flexibility index (Phi) is 7.94. The van der Waals surface area contributed by atoms with E-state index in [2.05, 4.69) is 10.6 Å². The molecule has 0 saturated carbocycles. The van der Waals surface area contributed by atoms with E-state index in [-0.39, 0.29) is 36.4 Å². The molecule has 3 rings (SSSR count). The molecule has 0 aromatic heterocycles. The Hall–Kier alpha value is -3.53. The van der Waals surface area contributed by atoms with Crippen LogP contribution in [0.2, 0.25) is 0 Å². The van der Waals surface area contributed by atoms with Gasteiger partial charge in [-0.3, -0.25) is 19.3 Å². The second-order valence-electron chi connectivity index (χ2n) is 7.33. The molecule has 1 fully saturated rings. The van der Waals surface area contributed by atoms with E-state index < -0.39 is 17.8 Å². The second-order valence-corrected chi connectivity index (χ2v) is 7.70. The number of ether oxygens (including phenoxy) is 1. The summed E-state index contributed by atoms with van der Waals surface area (Å²) in [6.07, 6.45) is -0.163. The van der Waals surface area contributed by atoms with Crippen LogP contribution in [0.3, 0.4) is 0 Å². The van der Waals surface area contributed by atoms with Crippen LogP contribution in [0.5, 0.6) is 5.75 Å². The molecule has 174 valence electrons. The standard InChI is InChI=1S/C23H25FN4O4S/c1-3-32-19-10-8-18(9-11-19)28-22(31)20(27(23(28)33)13-12-25-15(2)29)14-21(30)26-17-6-4-16(24)5-7-17/h4-11,20H,3,12-14H2,1-2H3,(H,25,29)(H,26,30)/t20-/m0/s1. The Morgan fingerprint density at radius 1 is 1.12 bits per heavy atom. The van der Waals surface area contributed by atoms with Gasteiger partial charge in [0, 0.05) is 25.7 Å². The lowest BCUT2D eigenvalue weighted by Gasteiger charge is -2.24. The molecular formula is C23H25FN4O4S. The summed E-state index contributed by atoms with van der Waals surface area (Å²) in [6.45, 7) is 4.31. The van der Waals surface area contributed by atoms with Crippen molar-refractivity contribution in [1.29, 1.82) is 0 Å². The number of thiocarbonyl (C=S) groups is 1. The number of nitrogens with zero attached hydrogens (tertiary/aromatic N) is 2. The van der Waals surface area contributed by atoms with Crippen molar-refractivity contribution >= 4 is 46.4 Å². The third-order valence-corrected chi connectivity index (χ3v) is 5.38. The Bertz CT molecular complexity index is 1030. The Morgan fingerprint density at radius 3 is 2.39 bits per heavy atom. The van der Waals surface area contributed by atoms with Crippen molar-refractivity contribution in [3.8, 4) is 5.75 Å². The number of amides is 3. The van der Waals surface area contributed by atoms with Crippen molar-refractivity contribution in [3.05, 3.63) is 54.3 Å². The highest BCUT2D eigenvalue weighted by atomic mass is 32.1. The minimum Gasteiger partial charge on any atom is -0.494 e. The van der Waals surface area contributed by atoms with Crippen molar-refractivity contribution < 1.29 is 23.5 Å². The fraction of sp³-hybridized carbons (Fsp3) is 0.304. The summed E-state index contributed by atoms with van der Waals surface area (Å²) in [5, 5.41) is 5.59. The molecule has 0 radical (unpaired) electrons. The Labute approximate surface area is 196 Å². The molecular weight excluding hydrogens is 447 g/mol. The van der Waals surface area contributed by atoms with Gasteiger partial charge in [0.1, 0.15) is 17.6 Å². The summed E-state index contributed by atoms with van der Waals surface area (Å²) in [6, 6.07) is 11.4. The van der Waals surface area contributed by atoms with E-state index in [0.29, 0.717) is 23.7 Å². The average Bonchev–Trinajstić information content (AvgIpc) is 3.00. The third kappa shape index (κ3) is 6.04. The van der Waals surface area contributed by atoms with Crippen LogP contribution in [0, 0.1) is 5.82 Å². The minimum absolute atomic E-state index is 0.163. The highest BCUT2D eigenvalue weighted by Crippen LogP contribution is 2.28. The molecule has 1 atom stereocenters. The summed E-state index contributed by atoms with van der Waals surface area (Å²) in [4.78, 5) is 40.3. The fourth-order valence-corrected chi connectivity index (χ4v) is 3.87. The van der Waals surface area contributed by atoms with Crippen LogP contribution in [0.4, 0.5) is 15.8 Å². The fourth-order valence-electron chi connectivity index (χ4n) is 3.46. The number of nitrogens with one attached hydrogen (secondary N) is 2. The van der Waals surface area contributed by atoms with Gasteiger partial charge >= 0.3 is 0 Å². The van der Waals surface area contributed by atoms with Gasteiger partial charge in [-0.1, -0.05) is 0 Å². The van der Waals surface area contributed by atoms with E-state index in [4.69, 9.17) is 17.0 Å². The maximum atomic E-state index is 13.3. The van der Waals surface area contributed by atoms with E-state index in [1.165, 1.54) is 36.1 Å². The van der Waals surface area contributed by atoms with Crippen LogP contribution in [-0.2, 0) is 14.4 Å². The van der Waals surface area contributed by atoms with E-state index in [1.807, 2.05) is 6.92 Å². The number of benzene rings is 2. The number of anilines is 2. The van der Waals surface area contributed by atoms with Crippen molar-refractivity contribution in [2.24, 2.45) is 0 Å². The Morgan fingerprint density at radius 2 is 1.79 bits per heavy atom. The van der Waals surface area contributed by atoms with Crippen LogP contribution < -0.4 is 20.3 Å². The summed E-state index contributed by atoms with van der Waals surface area (Å²) in [7, 11) is 0. The number of carbonyl (C=O) groups is 3. The van der Waals surface area contributed by atoms with Crippen LogP contribution in [0.1, 0.15) is 20.3 Å². The largest absolute Gasteiger partial charge is 0.494 e. The number of hydrogen-bond donors (Lipinski definition) is 2. The maximum Gasteiger partial charge on any atom is 0.256 e. The summed E-state index contributed by atoms with van der Waals surface area (Å²) in [5.41, 5.74) is 0.974. The first-order chi connectivity index (χ1) is 15.8. The van der Waals surface area contributed by atoms with Crippen molar-refractivity contribution in [2.45, 2.75) is 26.3 Å². The topological polar surface area (TPSA) is 91.0 Å². The molecule has 0 unspecified atom stereocenters. The predicted molar refractivity (Wildman–Crippen MR) is 127 cm³/mol. The molecule has 1 heterocycles. The minimum atomic E-state index is -0.849.